The summed E-state index contributed by atoms with van der Waals surface area (Å²) in [6, 6.07) is 1.39. The van der Waals surface area contributed by atoms with Gasteiger partial charge in [0, 0.05) is 19.1 Å². The maximum atomic E-state index is 5.71. The third kappa shape index (κ3) is 2.83. The molecule has 0 atom stereocenters. The molecular formula is C13H22N4O. The van der Waals surface area contributed by atoms with Crippen molar-refractivity contribution in [1.29, 1.82) is 0 Å². The highest BCUT2D eigenvalue weighted by molar-refractivity contribution is 5.24. The van der Waals surface area contributed by atoms with Crippen molar-refractivity contribution in [2.45, 2.75) is 51.6 Å². The van der Waals surface area contributed by atoms with Gasteiger partial charge >= 0.3 is 6.01 Å². The molecule has 2 aliphatic rings. The van der Waals surface area contributed by atoms with E-state index in [2.05, 4.69) is 27.3 Å². The quantitative estimate of drug-likeness (QED) is 0.865. The van der Waals surface area contributed by atoms with Crippen LogP contribution in [0.1, 0.15) is 44.9 Å². The van der Waals surface area contributed by atoms with E-state index in [0.717, 1.165) is 24.9 Å². The summed E-state index contributed by atoms with van der Waals surface area (Å²) in [5.41, 5.74) is 0. The normalized spacial score (nSPS) is 21.5. The Hall–Kier alpha value is -1.10. The summed E-state index contributed by atoms with van der Waals surface area (Å²) >= 11 is 0. The van der Waals surface area contributed by atoms with E-state index in [-0.39, 0.29) is 0 Å². The van der Waals surface area contributed by atoms with Crippen LogP contribution in [0.15, 0.2) is 4.42 Å². The monoisotopic (exact) mass is 250 g/mol. The molecule has 0 aromatic carbocycles. The second-order valence-corrected chi connectivity index (χ2v) is 5.47. The van der Waals surface area contributed by atoms with Crippen molar-refractivity contribution in [3.8, 4) is 0 Å². The zero-order valence-electron chi connectivity index (χ0n) is 11.1. The summed E-state index contributed by atoms with van der Waals surface area (Å²) in [5.74, 6) is 1.59. The van der Waals surface area contributed by atoms with Gasteiger partial charge in [0.2, 0.25) is 5.89 Å². The molecule has 1 aromatic rings. The average molecular weight is 250 g/mol. The fraction of sp³-hybridized carbons (Fsp3) is 0.846. The summed E-state index contributed by atoms with van der Waals surface area (Å²) in [7, 11) is 0. The third-order valence-electron chi connectivity index (χ3n) is 4.04. The van der Waals surface area contributed by atoms with Crippen LogP contribution in [-0.4, -0.2) is 29.3 Å². The molecule has 1 saturated heterocycles. The number of rotatable bonds is 5. The first-order chi connectivity index (χ1) is 8.85. The Kier molecular flexibility index (Phi) is 3.50. The summed E-state index contributed by atoms with van der Waals surface area (Å²) in [6.07, 6.45) is 6.34. The molecule has 0 amide bonds. The smallest absolute Gasteiger partial charge is 0.318 e. The number of nitrogens with one attached hydrogen (secondary N) is 1. The highest BCUT2D eigenvalue weighted by Gasteiger charge is 2.23. The molecule has 1 aromatic heterocycles. The van der Waals surface area contributed by atoms with Gasteiger partial charge < -0.3 is 14.6 Å². The van der Waals surface area contributed by atoms with Gasteiger partial charge in [-0.25, -0.2) is 0 Å². The van der Waals surface area contributed by atoms with E-state index in [1.165, 1.54) is 32.1 Å². The molecule has 1 saturated carbocycles. The van der Waals surface area contributed by atoms with Crippen LogP contribution in [-0.2, 0) is 6.54 Å². The van der Waals surface area contributed by atoms with Gasteiger partial charge in [-0.1, -0.05) is 18.4 Å². The van der Waals surface area contributed by atoms with Crippen LogP contribution in [0.4, 0.5) is 6.01 Å². The fourth-order valence-electron chi connectivity index (χ4n) is 2.50. The second-order valence-electron chi connectivity index (χ2n) is 5.47. The highest BCUT2D eigenvalue weighted by Crippen LogP contribution is 2.24. The zero-order valence-corrected chi connectivity index (χ0v) is 11.1. The number of aromatic nitrogens is 2. The van der Waals surface area contributed by atoms with Crippen molar-refractivity contribution in [1.82, 2.24) is 15.5 Å². The highest BCUT2D eigenvalue weighted by atomic mass is 16.4. The Morgan fingerprint density at radius 2 is 2.00 bits per heavy atom. The van der Waals surface area contributed by atoms with Gasteiger partial charge in [0.05, 0.1) is 6.54 Å². The molecule has 0 bridgehead atoms. The molecule has 0 radical (unpaired) electrons. The van der Waals surface area contributed by atoms with Crippen LogP contribution < -0.4 is 10.2 Å². The van der Waals surface area contributed by atoms with Gasteiger partial charge in [0.25, 0.3) is 0 Å². The van der Waals surface area contributed by atoms with Crippen LogP contribution in [0.5, 0.6) is 0 Å². The summed E-state index contributed by atoms with van der Waals surface area (Å²) in [5, 5.41) is 11.7. The molecule has 100 valence electrons. The molecular weight excluding hydrogens is 228 g/mol. The Labute approximate surface area is 108 Å². The number of nitrogens with zero attached hydrogens (tertiary/aromatic N) is 3. The Balaban J connectivity index is 1.52. The number of anilines is 1. The van der Waals surface area contributed by atoms with E-state index in [0.29, 0.717) is 18.6 Å². The molecule has 1 N–H and O–H groups in total. The lowest BCUT2D eigenvalue weighted by atomic mass is 9.95. The fourth-order valence-corrected chi connectivity index (χ4v) is 2.50. The van der Waals surface area contributed by atoms with Crippen molar-refractivity contribution in [3.63, 3.8) is 0 Å². The van der Waals surface area contributed by atoms with Crippen molar-refractivity contribution in [2.75, 3.05) is 18.0 Å². The van der Waals surface area contributed by atoms with Crippen LogP contribution in [0.2, 0.25) is 0 Å². The number of hydrogen-bond acceptors (Lipinski definition) is 5. The minimum Gasteiger partial charge on any atom is -0.407 e. The molecule has 0 unspecified atom stereocenters. The van der Waals surface area contributed by atoms with E-state index in [1.54, 1.807) is 0 Å². The average Bonchev–Trinajstić information content (AvgIpc) is 3.14. The predicted molar refractivity (Wildman–Crippen MR) is 69.4 cm³/mol. The molecule has 3 rings (SSSR count). The maximum Gasteiger partial charge on any atom is 0.318 e. The van der Waals surface area contributed by atoms with Crippen LogP contribution in [0, 0.1) is 5.92 Å². The van der Waals surface area contributed by atoms with Gasteiger partial charge in [0.1, 0.15) is 0 Å². The predicted octanol–water partition coefficient (Wildman–Crippen LogP) is 1.95. The van der Waals surface area contributed by atoms with E-state index < -0.39 is 0 Å². The molecule has 1 aliphatic heterocycles. The molecule has 0 spiro atoms. The van der Waals surface area contributed by atoms with Gasteiger partial charge in [-0.05, 0) is 31.6 Å². The first-order valence-corrected chi connectivity index (χ1v) is 7.16. The standard InChI is InChI=1S/C13H22N4O/c1-2-10-5-7-17(8-6-10)13-16-15-12(18-13)9-14-11-3-4-11/h10-11,14H,2-9H2,1H3. The van der Waals surface area contributed by atoms with E-state index >= 15 is 0 Å². The molecule has 2 heterocycles. The molecule has 1 aliphatic carbocycles. The minimum absolute atomic E-state index is 0.681. The lowest BCUT2D eigenvalue weighted by molar-refractivity contribution is 0.373. The van der Waals surface area contributed by atoms with Crippen LogP contribution >= 0.6 is 0 Å². The van der Waals surface area contributed by atoms with Crippen molar-refractivity contribution >= 4 is 6.01 Å². The van der Waals surface area contributed by atoms with Gasteiger partial charge in [-0.3, -0.25) is 0 Å². The molecule has 18 heavy (non-hydrogen) atoms. The second kappa shape index (κ2) is 5.26. The molecule has 2 fully saturated rings. The van der Waals surface area contributed by atoms with Crippen molar-refractivity contribution < 1.29 is 4.42 Å². The SMILES string of the molecule is CCC1CCN(c2nnc(CNC3CC3)o2)CC1. The Bertz CT molecular complexity index is 380. The summed E-state index contributed by atoms with van der Waals surface area (Å²) in [4.78, 5) is 2.22. The first-order valence-electron chi connectivity index (χ1n) is 7.16. The third-order valence-corrected chi connectivity index (χ3v) is 4.04. The minimum atomic E-state index is 0.681. The van der Waals surface area contributed by atoms with E-state index in [9.17, 15) is 0 Å². The Morgan fingerprint density at radius 1 is 1.22 bits per heavy atom. The lowest BCUT2D eigenvalue weighted by Gasteiger charge is -2.29. The van der Waals surface area contributed by atoms with Crippen LogP contribution in [0.3, 0.4) is 0 Å². The lowest BCUT2D eigenvalue weighted by Crippen LogP contribution is -2.33. The van der Waals surface area contributed by atoms with Crippen LogP contribution in [0.25, 0.3) is 0 Å². The number of piperidine rings is 1. The van der Waals surface area contributed by atoms with E-state index in [1.807, 2.05) is 0 Å². The molecule has 5 nitrogen and oxygen atoms in total. The summed E-state index contributed by atoms with van der Waals surface area (Å²) < 4.78 is 5.71. The first kappa shape index (κ1) is 12.0. The van der Waals surface area contributed by atoms with Crippen molar-refractivity contribution in [2.24, 2.45) is 5.92 Å². The zero-order chi connectivity index (χ0) is 12.4. The number of hydrogen-bond donors (Lipinski definition) is 1. The van der Waals surface area contributed by atoms with E-state index in [4.69, 9.17) is 4.42 Å². The topological polar surface area (TPSA) is 54.2 Å². The largest absolute Gasteiger partial charge is 0.407 e. The molecule has 5 heteroatoms. The van der Waals surface area contributed by atoms with Gasteiger partial charge in [0.15, 0.2) is 0 Å². The van der Waals surface area contributed by atoms with Gasteiger partial charge in [-0.15, -0.1) is 5.10 Å². The van der Waals surface area contributed by atoms with Gasteiger partial charge in [-0.2, -0.15) is 0 Å². The Morgan fingerprint density at radius 3 is 2.67 bits per heavy atom. The van der Waals surface area contributed by atoms with Crippen molar-refractivity contribution in [3.05, 3.63) is 5.89 Å². The summed E-state index contributed by atoms with van der Waals surface area (Å²) in [6.45, 7) is 5.09. The maximum absolute atomic E-state index is 5.71.